The van der Waals surface area contributed by atoms with Crippen molar-refractivity contribution < 1.29 is 9.47 Å². The van der Waals surface area contributed by atoms with Crippen molar-refractivity contribution in [2.75, 3.05) is 25.1 Å². The van der Waals surface area contributed by atoms with Crippen LogP contribution in [0.25, 0.3) is 0 Å². The quantitative estimate of drug-likeness (QED) is 0.834. The van der Waals surface area contributed by atoms with Gasteiger partial charge in [-0.2, -0.15) is 0 Å². The lowest BCUT2D eigenvalue weighted by Crippen LogP contribution is -2.32. The molecule has 5 heteroatoms. The molecule has 1 aromatic heterocycles. The molecular formula is C11H19N3O2. The molecular weight excluding hydrogens is 206 g/mol. The second-order valence-corrected chi connectivity index (χ2v) is 4.27. The van der Waals surface area contributed by atoms with Crippen LogP contribution in [-0.4, -0.2) is 41.5 Å². The van der Waals surface area contributed by atoms with Crippen molar-refractivity contribution in [3.63, 3.8) is 0 Å². The van der Waals surface area contributed by atoms with Gasteiger partial charge < -0.3 is 19.4 Å². The minimum Gasteiger partial charge on any atom is -0.376 e. The van der Waals surface area contributed by atoms with Gasteiger partial charge in [-0.25, -0.2) is 4.98 Å². The van der Waals surface area contributed by atoms with Gasteiger partial charge in [0.2, 0.25) is 5.95 Å². The van der Waals surface area contributed by atoms with Gasteiger partial charge in [0.1, 0.15) is 0 Å². The molecule has 5 nitrogen and oxygen atoms in total. The zero-order valence-electron chi connectivity index (χ0n) is 9.85. The SMILES string of the molecule is CC(C)Nc1nccn1CC1COCCO1. The Bertz CT molecular complexity index is 319. The lowest BCUT2D eigenvalue weighted by Gasteiger charge is -2.24. The summed E-state index contributed by atoms with van der Waals surface area (Å²) in [4.78, 5) is 4.28. The smallest absolute Gasteiger partial charge is 0.203 e. The number of ether oxygens (including phenoxy) is 2. The van der Waals surface area contributed by atoms with Gasteiger partial charge in [-0.15, -0.1) is 0 Å². The summed E-state index contributed by atoms with van der Waals surface area (Å²) in [6.45, 7) is 7.04. The largest absolute Gasteiger partial charge is 0.376 e. The molecule has 0 saturated carbocycles. The summed E-state index contributed by atoms with van der Waals surface area (Å²) in [5.41, 5.74) is 0. The Kier molecular flexibility index (Phi) is 3.79. The standard InChI is InChI=1S/C11H19N3O2/c1-9(2)13-11-12-3-4-14(11)7-10-8-15-5-6-16-10/h3-4,9-10H,5-8H2,1-2H3,(H,12,13). The number of hydrogen-bond acceptors (Lipinski definition) is 4. The number of hydrogen-bond donors (Lipinski definition) is 1. The molecule has 0 aliphatic carbocycles. The predicted molar refractivity (Wildman–Crippen MR) is 61.5 cm³/mol. The highest BCUT2D eigenvalue weighted by atomic mass is 16.6. The average molecular weight is 225 g/mol. The number of imidazole rings is 1. The van der Waals surface area contributed by atoms with Gasteiger partial charge in [-0.1, -0.05) is 0 Å². The van der Waals surface area contributed by atoms with E-state index < -0.39 is 0 Å². The first-order valence-corrected chi connectivity index (χ1v) is 5.72. The van der Waals surface area contributed by atoms with E-state index in [0.29, 0.717) is 25.9 Å². The molecule has 1 aliphatic rings. The van der Waals surface area contributed by atoms with Crippen LogP contribution < -0.4 is 5.32 Å². The van der Waals surface area contributed by atoms with Crippen LogP contribution in [0.5, 0.6) is 0 Å². The molecule has 1 saturated heterocycles. The summed E-state index contributed by atoms with van der Waals surface area (Å²) in [6.07, 6.45) is 3.90. The van der Waals surface area contributed by atoms with E-state index in [-0.39, 0.29) is 6.10 Å². The zero-order valence-corrected chi connectivity index (χ0v) is 9.85. The first kappa shape index (κ1) is 11.4. The highest BCUT2D eigenvalue weighted by Gasteiger charge is 2.16. The number of nitrogens with one attached hydrogen (secondary N) is 1. The van der Waals surface area contributed by atoms with Crippen LogP contribution >= 0.6 is 0 Å². The molecule has 1 atom stereocenters. The highest BCUT2D eigenvalue weighted by molar-refractivity contribution is 5.26. The molecule has 0 radical (unpaired) electrons. The molecule has 0 bridgehead atoms. The van der Waals surface area contributed by atoms with Crippen LogP contribution in [0, 0.1) is 0 Å². The van der Waals surface area contributed by atoms with E-state index in [1.54, 1.807) is 6.20 Å². The van der Waals surface area contributed by atoms with Gasteiger partial charge in [0.25, 0.3) is 0 Å². The van der Waals surface area contributed by atoms with Gasteiger partial charge in [0, 0.05) is 18.4 Å². The fraction of sp³-hybridized carbons (Fsp3) is 0.727. The topological polar surface area (TPSA) is 48.3 Å². The summed E-state index contributed by atoms with van der Waals surface area (Å²) in [5, 5.41) is 3.30. The minimum absolute atomic E-state index is 0.135. The molecule has 1 unspecified atom stereocenters. The summed E-state index contributed by atoms with van der Waals surface area (Å²) < 4.78 is 13.1. The van der Waals surface area contributed by atoms with Crippen molar-refractivity contribution in [1.29, 1.82) is 0 Å². The normalized spacial score (nSPS) is 21.3. The lowest BCUT2D eigenvalue weighted by atomic mass is 10.3. The monoisotopic (exact) mass is 225 g/mol. The van der Waals surface area contributed by atoms with Gasteiger partial charge in [-0.05, 0) is 13.8 Å². The summed E-state index contributed by atoms with van der Waals surface area (Å²) in [6, 6.07) is 0.379. The maximum absolute atomic E-state index is 5.61. The van der Waals surface area contributed by atoms with Gasteiger partial charge in [0.05, 0.1) is 32.5 Å². The van der Waals surface area contributed by atoms with Crippen molar-refractivity contribution in [1.82, 2.24) is 9.55 Å². The van der Waals surface area contributed by atoms with Crippen molar-refractivity contribution in [2.45, 2.75) is 32.5 Å². The Labute approximate surface area is 95.8 Å². The van der Waals surface area contributed by atoms with E-state index >= 15 is 0 Å². The fourth-order valence-corrected chi connectivity index (χ4v) is 1.72. The molecule has 0 spiro atoms. The number of rotatable bonds is 4. The van der Waals surface area contributed by atoms with E-state index in [1.807, 2.05) is 6.20 Å². The van der Waals surface area contributed by atoms with Crippen LogP contribution in [0.3, 0.4) is 0 Å². The van der Waals surface area contributed by atoms with Crippen molar-refractivity contribution >= 4 is 5.95 Å². The van der Waals surface area contributed by atoms with Gasteiger partial charge in [-0.3, -0.25) is 0 Å². The van der Waals surface area contributed by atoms with Crippen molar-refractivity contribution in [3.05, 3.63) is 12.4 Å². The first-order chi connectivity index (χ1) is 7.75. The van der Waals surface area contributed by atoms with Crippen LogP contribution in [-0.2, 0) is 16.0 Å². The molecule has 1 aliphatic heterocycles. The van der Waals surface area contributed by atoms with Crippen LogP contribution in [0.15, 0.2) is 12.4 Å². The highest BCUT2D eigenvalue weighted by Crippen LogP contribution is 2.10. The Morgan fingerprint density at radius 2 is 2.44 bits per heavy atom. The number of nitrogens with zero attached hydrogens (tertiary/aromatic N) is 2. The molecule has 2 rings (SSSR count). The lowest BCUT2D eigenvalue weighted by molar-refractivity contribution is -0.0934. The maximum Gasteiger partial charge on any atom is 0.203 e. The third-order valence-electron chi connectivity index (χ3n) is 2.42. The minimum atomic E-state index is 0.135. The molecule has 16 heavy (non-hydrogen) atoms. The van der Waals surface area contributed by atoms with Gasteiger partial charge in [0.15, 0.2) is 0 Å². The molecule has 2 heterocycles. The predicted octanol–water partition coefficient (Wildman–Crippen LogP) is 1.12. The first-order valence-electron chi connectivity index (χ1n) is 5.72. The average Bonchev–Trinajstić information content (AvgIpc) is 2.66. The Morgan fingerprint density at radius 1 is 1.56 bits per heavy atom. The molecule has 1 fully saturated rings. The second-order valence-electron chi connectivity index (χ2n) is 4.27. The number of anilines is 1. The molecule has 0 aromatic carbocycles. The molecule has 90 valence electrons. The molecule has 1 aromatic rings. The molecule has 1 N–H and O–H groups in total. The number of aromatic nitrogens is 2. The van der Waals surface area contributed by atoms with E-state index in [0.717, 1.165) is 12.5 Å². The Hall–Kier alpha value is -1.07. The van der Waals surface area contributed by atoms with Crippen LogP contribution in [0.1, 0.15) is 13.8 Å². The third kappa shape index (κ3) is 2.96. The van der Waals surface area contributed by atoms with Crippen molar-refractivity contribution in [2.24, 2.45) is 0 Å². The fourth-order valence-electron chi connectivity index (χ4n) is 1.72. The van der Waals surface area contributed by atoms with E-state index in [9.17, 15) is 0 Å². The Balaban J connectivity index is 1.94. The van der Waals surface area contributed by atoms with E-state index in [1.165, 1.54) is 0 Å². The van der Waals surface area contributed by atoms with Crippen LogP contribution in [0.2, 0.25) is 0 Å². The summed E-state index contributed by atoms with van der Waals surface area (Å²) in [5.74, 6) is 0.893. The third-order valence-corrected chi connectivity index (χ3v) is 2.42. The van der Waals surface area contributed by atoms with E-state index in [2.05, 4.69) is 28.7 Å². The summed E-state index contributed by atoms with van der Waals surface area (Å²) >= 11 is 0. The summed E-state index contributed by atoms with van der Waals surface area (Å²) in [7, 11) is 0. The van der Waals surface area contributed by atoms with Crippen molar-refractivity contribution in [3.8, 4) is 0 Å². The zero-order chi connectivity index (χ0) is 11.4. The van der Waals surface area contributed by atoms with Crippen LogP contribution in [0.4, 0.5) is 5.95 Å². The maximum atomic E-state index is 5.61. The molecule has 0 amide bonds. The van der Waals surface area contributed by atoms with Gasteiger partial charge >= 0.3 is 0 Å². The Morgan fingerprint density at radius 3 is 3.12 bits per heavy atom. The second kappa shape index (κ2) is 5.32. The van der Waals surface area contributed by atoms with E-state index in [4.69, 9.17) is 9.47 Å².